The average molecular weight is 345 g/mol. The van der Waals surface area contributed by atoms with Gasteiger partial charge in [-0.05, 0) is 56.1 Å². The monoisotopic (exact) mass is 345 g/mol. The maximum absolute atomic E-state index is 13.0. The third-order valence-electron chi connectivity index (χ3n) is 5.25. The van der Waals surface area contributed by atoms with Crippen molar-refractivity contribution in [1.29, 1.82) is 0 Å². The predicted molar refractivity (Wildman–Crippen MR) is 92.6 cm³/mol. The number of halogens is 1. The van der Waals surface area contributed by atoms with Gasteiger partial charge in [-0.3, -0.25) is 4.79 Å². The van der Waals surface area contributed by atoms with Gasteiger partial charge in [0.1, 0.15) is 16.5 Å². The van der Waals surface area contributed by atoms with Gasteiger partial charge in [0.2, 0.25) is 0 Å². The molecule has 0 saturated carbocycles. The molecule has 1 atom stereocenters. The van der Waals surface area contributed by atoms with Crippen LogP contribution in [0.2, 0.25) is 0 Å². The Morgan fingerprint density at radius 1 is 1.29 bits per heavy atom. The summed E-state index contributed by atoms with van der Waals surface area (Å²) < 4.78 is 13.0. The molecule has 24 heavy (non-hydrogen) atoms. The normalized spacial score (nSPS) is 25.7. The molecule has 126 valence electrons. The van der Waals surface area contributed by atoms with Crippen LogP contribution in [-0.4, -0.2) is 53.4 Å². The van der Waals surface area contributed by atoms with E-state index in [2.05, 4.69) is 9.88 Å². The summed E-state index contributed by atoms with van der Waals surface area (Å²) in [4.78, 5) is 21.6. The lowest BCUT2D eigenvalue weighted by Gasteiger charge is -2.47. The van der Waals surface area contributed by atoms with Crippen LogP contribution in [0.1, 0.15) is 23.3 Å². The van der Waals surface area contributed by atoms with Crippen LogP contribution < -0.4 is 0 Å². The lowest BCUT2D eigenvalue weighted by Crippen LogP contribution is -2.57. The van der Waals surface area contributed by atoms with Crippen LogP contribution in [-0.2, 0) is 0 Å². The first kappa shape index (κ1) is 15.7. The highest BCUT2D eigenvalue weighted by atomic mass is 32.1. The molecule has 2 bridgehead atoms. The Bertz CT molecular complexity index is 737. The highest BCUT2D eigenvalue weighted by Crippen LogP contribution is 2.31. The van der Waals surface area contributed by atoms with E-state index in [1.165, 1.54) is 36.3 Å². The fraction of sp³-hybridized carbons (Fsp3) is 0.444. The summed E-state index contributed by atoms with van der Waals surface area (Å²) in [7, 11) is 1.89. The predicted octanol–water partition coefficient (Wildman–Crippen LogP) is 3.12. The summed E-state index contributed by atoms with van der Waals surface area (Å²) in [5, 5.41) is 2.56. The first-order valence-corrected chi connectivity index (χ1v) is 9.21. The Hall–Kier alpha value is -1.79. The number of carbonyl (C=O) groups excluding carboxylic acids is 1. The number of amides is 1. The minimum absolute atomic E-state index is 0.0154. The molecule has 4 heterocycles. The molecule has 3 fully saturated rings. The number of thiazole rings is 1. The largest absolute Gasteiger partial charge is 0.336 e. The van der Waals surface area contributed by atoms with E-state index in [0.717, 1.165) is 30.2 Å². The lowest BCUT2D eigenvalue weighted by molar-refractivity contribution is 0.0159. The highest BCUT2D eigenvalue weighted by Gasteiger charge is 2.38. The van der Waals surface area contributed by atoms with Gasteiger partial charge in [0.25, 0.3) is 5.91 Å². The zero-order chi connectivity index (χ0) is 16.7. The molecule has 2 aromatic rings. The van der Waals surface area contributed by atoms with Crippen molar-refractivity contribution in [2.75, 3.05) is 26.7 Å². The molecule has 3 aliphatic rings. The van der Waals surface area contributed by atoms with E-state index in [4.69, 9.17) is 0 Å². The quantitative estimate of drug-likeness (QED) is 0.858. The summed E-state index contributed by atoms with van der Waals surface area (Å²) in [6.45, 7) is 3.30. The molecular weight excluding hydrogens is 325 g/mol. The second-order valence-electron chi connectivity index (χ2n) is 6.67. The van der Waals surface area contributed by atoms with E-state index >= 15 is 0 Å². The summed E-state index contributed by atoms with van der Waals surface area (Å²) in [5.74, 6) is 0.325. The summed E-state index contributed by atoms with van der Waals surface area (Å²) in [5.41, 5.74) is 1.32. The average Bonchev–Trinajstić information content (AvgIpc) is 3.12. The molecule has 1 aromatic heterocycles. The van der Waals surface area contributed by atoms with Crippen molar-refractivity contribution in [2.24, 2.45) is 5.92 Å². The van der Waals surface area contributed by atoms with Gasteiger partial charge in [-0.15, -0.1) is 11.3 Å². The Kier molecular flexibility index (Phi) is 4.10. The van der Waals surface area contributed by atoms with Crippen LogP contribution in [0, 0.1) is 11.7 Å². The fourth-order valence-electron chi connectivity index (χ4n) is 3.80. The maximum Gasteiger partial charge on any atom is 0.273 e. The van der Waals surface area contributed by atoms with Gasteiger partial charge in [-0.1, -0.05) is 0 Å². The summed E-state index contributed by atoms with van der Waals surface area (Å²) in [6.07, 6.45) is 2.36. The Morgan fingerprint density at radius 2 is 2.00 bits per heavy atom. The molecule has 0 aliphatic carbocycles. The van der Waals surface area contributed by atoms with Crippen molar-refractivity contribution in [2.45, 2.75) is 18.9 Å². The van der Waals surface area contributed by atoms with E-state index in [-0.39, 0.29) is 17.8 Å². The van der Waals surface area contributed by atoms with Crippen molar-refractivity contribution >= 4 is 17.2 Å². The summed E-state index contributed by atoms with van der Waals surface area (Å²) in [6, 6.07) is 6.50. The SMILES string of the molecule is CN(C(=O)c1csc(-c2ccc(F)cc2)n1)[C@@H]1CN2CCC1CC2. The number of fused-ring (bicyclic) bond motifs is 3. The Morgan fingerprint density at radius 3 is 2.62 bits per heavy atom. The van der Waals surface area contributed by atoms with Gasteiger partial charge >= 0.3 is 0 Å². The number of nitrogens with zero attached hydrogens (tertiary/aromatic N) is 3. The second kappa shape index (κ2) is 6.26. The van der Waals surface area contributed by atoms with Crippen molar-refractivity contribution in [3.8, 4) is 10.6 Å². The van der Waals surface area contributed by atoms with Gasteiger partial charge < -0.3 is 9.80 Å². The molecule has 5 rings (SSSR count). The molecule has 0 spiro atoms. The minimum Gasteiger partial charge on any atom is -0.336 e. The summed E-state index contributed by atoms with van der Waals surface area (Å²) >= 11 is 1.42. The third-order valence-corrected chi connectivity index (χ3v) is 6.15. The van der Waals surface area contributed by atoms with Crippen molar-refractivity contribution < 1.29 is 9.18 Å². The molecule has 1 amide bonds. The van der Waals surface area contributed by atoms with Crippen LogP contribution >= 0.6 is 11.3 Å². The number of rotatable bonds is 3. The Balaban J connectivity index is 1.51. The topological polar surface area (TPSA) is 36.4 Å². The van der Waals surface area contributed by atoms with Gasteiger partial charge in [-0.2, -0.15) is 0 Å². The zero-order valence-electron chi connectivity index (χ0n) is 13.6. The van der Waals surface area contributed by atoms with E-state index in [9.17, 15) is 9.18 Å². The van der Waals surface area contributed by atoms with E-state index in [0.29, 0.717) is 11.6 Å². The number of carbonyl (C=O) groups is 1. The first-order valence-electron chi connectivity index (χ1n) is 8.33. The molecule has 0 N–H and O–H groups in total. The molecule has 3 saturated heterocycles. The zero-order valence-corrected chi connectivity index (χ0v) is 14.4. The smallest absolute Gasteiger partial charge is 0.273 e. The third kappa shape index (κ3) is 2.84. The molecule has 3 aliphatic heterocycles. The van der Waals surface area contributed by atoms with Gasteiger partial charge in [0.15, 0.2) is 0 Å². The Labute approximate surface area is 144 Å². The number of piperidine rings is 3. The van der Waals surface area contributed by atoms with Gasteiger partial charge in [0.05, 0.1) is 0 Å². The molecule has 0 radical (unpaired) electrons. The molecule has 6 heteroatoms. The molecular formula is C18H20FN3OS. The van der Waals surface area contributed by atoms with Crippen LogP contribution in [0.3, 0.4) is 0 Å². The number of likely N-dealkylation sites (N-methyl/N-ethyl adjacent to an activating group) is 1. The van der Waals surface area contributed by atoms with Crippen LogP contribution in [0.25, 0.3) is 10.6 Å². The number of aromatic nitrogens is 1. The van der Waals surface area contributed by atoms with Crippen molar-refractivity contribution in [1.82, 2.24) is 14.8 Å². The van der Waals surface area contributed by atoms with E-state index in [1.807, 2.05) is 11.9 Å². The first-order chi connectivity index (χ1) is 11.6. The molecule has 0 unspecified atom stereocenters. The number of hydrogen-bond donors (Lipinski definition) is 0. The van der Waals surface area contributed by atoms with E-state index in [1.54, 1.807) is 17.5 Å². The van der Waals surface area contributed by atoms with Crippen molar-refractivity contribution in [3.63, 3.8) is 0 Å². The molecule has 4 nitrogen and oxygen atoms in total. The number of hydrogen-bond acceptors (Lipinski definition) is 4. The maximum atomic E-state index is 13.0. The van der Waals surface area contributed by atoms with Gasteiger partial charge in [-0.25, -0.2) is 9.37 Å². The minimum atomic E-state index is -0.270. The lowest BCUT2D eigenvalue weighted by atomic mass is 9.83. The van der Waals surface area contributed by atoms with Crippen molar-refractivity contribution in [3.05, 3.63) is 41.2 Å². The van der Waals surface area contributed by atoms with Gasteiger partial charge in [0, 0.05) is 30.6 Å². The van der Waals surface area contributed by atoms with Crippen LogP contribution in [0.15, 0.2) is 29.6 Å². The number of benzene rings is 1. The fourth-order valence-corrected chi connectivity index (χ4v) is 4.60. The highest BCUT2D eigenvalue weighted by molar-refractivity contribution is 7.13. The molecule has 1 aromatic carbocycles. The standard InChI is InChI=1S/C18H20FN3OS/c1-21(16-10-22-8-6-12(16)7-9-22)18(23)15-11-24-17(20-15)13-2-4-14(19)5-3-13/h2-5,11-12,16H,6-10H2,1H3/t16-/m1/s1. The van der Waals surface area contributed by atoms with E-state index < -0.39 is 0 Å². The second-order valence-corrected chi connectivity index (χ2v) is 7.52. The van der Waals surface area contributed by atoms with Crippen LogP contribution in [0.5, 0.6) is 0 Å². The van der Waals surface area contributed by atoms with Crippen LogP contribution in [0.4, 0.5) is 4.39 Å².